The molecular weight excluding hydrogens is 530 g/mol. The molecule has 2 heterocycles. The van der Waals surface area contributed by atoms with Crippen LogP contribution >= 0.6 is 11.8 Å². The SMILES string of the molecule is O=C(CN1N=C(c2ccc([N+](=O)[O-])cc2)CC1c1ccccc1[N+](=O)[O-])N1c2ccccc2Sc2ccccc21. The van der Waals surface area contributed by atoms with Gasteiger partial charge in [-0.2, -0.15) is 5.10 Å². The Morgan fingerprint density at radius 1 is 0.825 bits per heavy atom. The van der Waals surface area contributed by atoms with Gasteiger partial charge in [-0.25, -0.2) is 0 Å². The molecule has 40 heavy (non-hydrogen) atoms. The number of para-hydroxylation sites is 3. The van der Waals surface area contributed by atoms with E-state index in [1.807, 2.05) is 48.5 Å². The Morgan fingerprint density at radius 3 is 2.05 bits per heavy atom. The molecule has 0 aromatic heterocycles. The minimum atomic E-state index is -0.583. The Kier molecular flexibility index (Phi) is 6.48. The van der Waals surface area contributed by atoms with Gasteiger partial charge in [-0.15, -0.1) is 0 Å². The molecule has 2 aliphatic heterocycles. The van der Waals surface area contributed by atoms with Crippen LogP contribution in [0.4, 0.5) is 22.7 Å². The normalized spacial score (nSPS) is 15.7. The van der Waals surface area contributed by atoms with Gasteiger partial charge in [0.2, 0.25) is 0 Å². The Bertz CT molecular complexity index is 1640. The number of nitro benzene ring substituents is 2. The van der Waals surface area contributed by atoms with Crippen LogP contribution in [0.3, 0.4) is 0 Å². The molecule has 0 spiro atoms. The molecule has 11 heteroatoms. The molecule has 0 bridgehead atoms. The number of non-ortho nitro benzene ring substituents is 1. The van der Waals surface area contributed by atoms with E-state index in [-0.39, 0.29) is 23.8 Å². The largest absolute Gasteiger partial charge is 0.279 e. The highest BCUT2D eigenvalue weighted by molar-refractivity contribution is 7.99. The molecule has 0 aliphatic carbocycles. The van der Waals surface area contributed by atoms with Gasteiger partial charge in [0.25, 0.3) is 17.3 Å². The molecule has 1 atom stereocenters. The van der Waals surface area contributed by atoms with Crippen molar-refractivity contribution in [2.75, 3.05) is 11.4 Å². The second-order valence-corrected chi connectivity index (χ2v) is 10.3. The predicted molar refractivity (Wildman–Crippen MR) is 151 cm³/mol. The van der Waals surface area contributed by atoms with E-state index in [1.165, 1.54) is 18.2 Å². The second kappa shape index (κ2) is 10.3. The zero-order valence-corrected chi connectivity index (χ0v) is 21.7. The third-order valence-corrected chi connectivity index (χ3v) is 8.01. The number of hydrogen-bond acceptors (Lipinski definition) is 8. The first-order chi connectivity index (χ1) is 19.4. The fraction of sp³-hybridized carbons (Fsp3) is 0.103. The molecule has 1 amide bonds. The van der Waals surface area contributed by atoms with Crippen molar-refractivity contribution in [2.45, 2.75) is 22.3 Å². The minimum absolute atomic E-state index is 0.0510. The summed E-state index contributed by atoms with van der Waals surface area (Å²) in [6.45, 7) is -0.138. The van der Waals surface area contributed by atoms with E-state index >= 15 is 0 Å². The number of carbonyl (C=O) groups excluding carboxylic acids is 1. The van der Waals surface area contributed by atoms with E-state index in [0.717, 1.165) is 21.2 Å². The van der Waals surface area contributed by atoms with Crippen LogP contribution in [0, 0.1) is 20.2 Å². The summed E-state index contributed by atoms with van der Waals surface area (Å²) in [5.74, 6) is -0.238. The van der Waals surface area contributed by atoms with Gasteiger partial charge in [-0.3, -0.25) is 34.9 Å². The third-order valence-electron chi connectivity index (χ3n) is 6.88. The summed E-state index contributed by atoms with van der Waals surface area (Å²) in [7, 11) is 0. The van der Waals surface area contributed by atoms with Crippen molar-refractivity contribution in [3.05, 3.63) is 128 Å². The van der Waals surface area contributed by atoms with Gasteiger partial charge in [0.15, 0.2) is 0 Å². The first kappa shape index (κ1) is 25.3. The molecule has 6 rings (SSSR count). The van der Waals surface area contributed by atoms with E-state index in [0.29, 0.717) is 23.3 Å². The van der Waals surface area contributed by atoms with Crippen LogP contribution in [-0.2, 0) is 4.79 Å². The van der Waals surface area contributed by atoms with E-state index in [4.69, 9.17) is 5.10 Å². The summed E-state index contributed by atoms with van der Waals surface area (Å²) < 4.78 is 0. The highest BCUT2D eigenvalue weighted by atomic mass is 32.2. The average Bonchev–Trinajstić information content (AvgIpc) is 3.39. The van der Waals surface area contributed by atoms with Crippen LogP contribution in [0.2, 0.25) is 0 Å². The number of nitro groups is 2. The van der Waals surface area contributed by atoms with Crippen LogP contribution < -0.4 is 4.90 Å². The fourth-order valence-electron chi connectivity index (χ4n) is 5.04. The molecule has 2 aliphatic rings. The lowest BCUT2D eigenvalue weighted by Gasteiger charge is -2.33. The first-order valence-corrected chi connectivity index (χ1v) is 13.2. The van der Waals surface area contributed by atoms with E-state index in [2.05, 4.69) is 0 Å². The quantitative estimate of drug-likeness (QED) is 0.198. The summed E-state index contributed by atoms with van der Waals surface area (Å²) in [6, 6.07) is 27.2. The van der Waals surface area contributed by atoms with Gasteiger partial charge in [0.1, 0.15) is 6.54 Å². The van der Waals surface area contributed by atoms with Gasteiger partial charge in [-0.05, 0) is 48.0 Å². The number of hydrazone groups is 1. The highest BCUT2D eigenvalue weighted by Crippen LogP contribution is 2.48. The zero-order valence-electron chi connectivity index (χ0n) is 20.9. The first-order valence-electron chi connectivity index (χ1n) is 12.4. The van der Waals surface area contributed by atoms with Crippen molar-refractivity contribution in [3.63, 3.8) is 0 Å². The highest BCUT2D eigenvalue weighted by Gasteiger charge is 2.36. The van der Waals surface area contributed by atoms with Crippen molar-refractivity contribution in [1.82, 2.24) is 5.01 Å². The van der Waals surface area contributed by atoms with E-state index in [1.54, 1.807) is 52.0 Å². The Morgan fingerprint density at radius 2 is 1.43 bits per heavy atom. The molecule has 0 saturated carbocycles. The average molecular weight is 552 g/mol. The monoisotopic (exact) mass is 551 g/mol. The van der Waals surface area contributed by atoms with Crippen molar-refractivity contribution < 1.29 is 14.6 Å². The minimum Gasteiger partial charge on any atom is -0.279 e. The summed E-state index contributed by atoms with van der Waals surface area (Å²) in [6.07, 6.45) is 0.291. The van der Waals surface area contributed by atoms with E-state index in [9.17, 15) is 25.0 Å². The van der Waals surface area contributed by atoms with Crippen LogP contribution in [0.1, 0.15) is 23.6 Å². The van der Waals surface area contributed by atoms with Crippen LogP contribution in [0.5, 0.6) is 0 Å². The summed E-state index contributed by atoms with van der Waals surface area (Å²) in [5.41, 5.74) is 3.08. The molecule has 198 valence electrons. The lowest BCUT2D eigenvalue weighted by Crippen LogP contribution is -2.37. The fourth-order valence-corrected chi connectivity index (χ4v) is 6.10. The van der Waals surface area contributed by atoms with Crippen molar-refractivity contribution >= 4 is 46.1 Å². The lowest BCUT2D eigenvalue weighted by atomic mass is 9.97. The number of anilines is 2. The summed E-state index contributed by atoms with van der Waals surface area (Å²) in [4.78, 5) is 39.7. The Hall–Kier alpha value is -5.03. The molecule has 0 radical (unpaired) electrons. The summed E-state index contributed by atoms with van der Waals surface area (Å²) >= 11 is 1.59. The number of benzene rings is 4. The Balaban J connectivity index is 1.39. The number of nitrogens with zero attached hydrogens (tertiary/aromatic N) is 5. The van der Waals surface area contributed by atoms with Crippen molar-refractivity contribution in [2.24, 2.45) is 5.10 Å². The maximum atomic E-state index is 14.0. The second-order valence-electron chi connectivity index (χ2n) is 9.25. The van der Waals surface area contributed by atoms with Gasteiger partial charge in [-0.1, -0.05) is 48.2 Å². The molecule has 1 unspecified atom stereocenters. The van der Waals surface area contributed by atoms with Gasteiger partial charge >= 0.3 is 0 Å². The maximum Gasteiger partial charge on any atom is 0.274 e. The molecule has 4 aromatic rings. The number of hydrogen-bond donors (Lipinski definition) is 0. The summed E-state index contributed by atoms with van der Waals surface area (Å²) in [5, 5.41) is 29.4. The molecule has 10 nitrogen and oxygen atoms in total. The lowest BCUT2D eigenvalue weighted by molar-refractivity contribution is -0.386. The van der Waals surface area contributed by atoms with Gasteiger partial charge < -0.3 is 0 Å². The van der Waals surface area contributed by atoms with Crippen molar-refractivity contribution in [1.29, 1.82) is 0 Å². The van der Waals surface area contributed by atoms with Crippen LogP contribution in [0.15, 0.2) is 112 Å². The van der Waals surface area contributed by atoms with E-state index < -0.39 is 15.9 Å². The maximum absolute atomic E-state index is 14.0. The third kappa shape index (κ3) is 4.56. The molecule has 0 fully saturated rings. The van der Waals surface area contributed by atoms with Crippen molar-refractivity contribution in [3.8, 4) is 0 Å². The number of rotatable bonds is 6. The van der Waals surface area contributed by atoms with Crippen LogP contribution in [0.25, 0.3) is 0 Å². The predicted octanol–water partition coefficient (Wildman–Crippen LogP) is 6.48. The zero-order chi connectivity index (χ0) is 27.8. The number of amides is 1. The Labute approximate surface area is 232 Å². The topological polar surface area (TPSA) is 122 Å². The molecule has 0 saturated heterocycles. The van der Waals surface area contributed by atoms with Gasteiger partial charge in [0.05, 0.1) is 38.5 Å². The van der Waals surface area contributed by atoms with Gasteiger partial charge in [0, 0.05) is 34.4 Å². The molecule has 4 aromatic carbocycles. The molecular formula is C29H21N5O5S. The standard InChI is InChI=1S/C29H21N5O5S/c35-29(32-24-9-3-5-11-27(24)40-28-12-6-4-10-25(28)32)18-31-26(21-7-1-2-8-23(21)34(38)39)17-22(30-31)19-13-15-20(16-14-19)33(36)37/h1-16,26H,17-18H2. The molecule has 0 N–H and O–H groups in total. The van der Waals surface area contributed by atoms with Crippen LogP contribution in [-0.4, -0.2) is 33.0 Å². The number of carbonyl (C=O) groups is 1. The smallest absolute Gasteiger partial charge is 0.274 e. The number of fused-ring (bicyclic) bond motifs is 2.